The summed E-state index contributed by atoms with van der Waals surface area (Å²) in [4.78, 5) is 5.26. The Kier molecular flexibility index (Phi) is 7.32. The fraction of sp³-hybridized carbons (Fsp3) is 0.0588. The normalized spacial score (nSPS) is 13.5. The van der Waals surface area contributed by atoms with E-state index in [1.807, 2.05) is 0 Å². The molecule has 53 heavy (non-hydrogen) atoms. The van der Waals surface area contributed by atoms with E-state index in [4.69, 9.17) is 0 Å². The first-order chi connectivity index (χ1) is 26.0. The molecule has 2 heteroatoms. The average molecular weight is 698 g/mol. The van der Waals surface area contributed by atoms with Crippen LogP contribution in [0, 0.1) is 0 Å². The molecular weight excluding hydrogens is 659 g/mol. The zero-order chi connectivity index (χ0) is 35.6. The lowest BCUT2D eigenvalue weighted by molar-refractivity contribution is 0.660. The Morgan fingerprint density at radius 1 is 0.377 bits per heavy atom. The van der Waals surface area contributed by atoms with Gasteiger partial charge in [-0.1, -0.05) is 141 Å². The van der Waals surface area contributed by atoms with Crippen LogP contribution in [0.15, 0.2) is 220 Å². The standard InChI is InChI=1S/C51H39NS/c1-51(2)47-24-14-12-22-43(47)44-32-28-37(34-48(44)51)36-26-29-41(30-27-36)53(39-18-8-4-9-19-39,40-20-10-5-11-21-40)42-31-33-46-45-23-13-15-25-49(45)52(50(46)35-42)38-16-6-3-7-17-38/h3-35H,1-2H3. The Hall–Kier alpha value is -6.09. The Morgan fingerprint density at radius 2 is 0.906 bits per heavy atom. The first-order valence-electron chi connectivity index (χ1n) is 18.4. The van der Waals surface area contributed by atoms with E-state index in [-0.39, 0.29) is 5.41 Å². The van der Waals surface area contributed by atoms with Gasteiger partial charge in [0.05, 0.1) is 11.0 Å². The minimum Gasteiger partial charge on any atom is -0.309 e. The lowest BCUT2D eigenvalue weighted by Crippen LogP contribution is -2.14. The van der Waals surface area contributed by atoms with Crippen LogP contribution in [0.5, 0.6) is 0 Å². The van der Waals surface area contributed by atoms with Gasteiger partial charge in [-0.15, -0.1) is 10.0 Å². The van der Waals surface area contributed by atoms with Gasteiger partial charge < -0.3 is 4.57 Å². The molecule has 1 nitrogen and oxygen atoms in total. The maximum Gasteiger partial charge on any atom is 0.0552 e. The van der Waals surface area contributed by atoms with E-state index in [0.29, 0.717) is 0 Å². The largest absolute Gasteiger partial charge is 0.309 e. The molecule has 0 atom stereocenters. The molecule has 9 aromatic rings. The van der Waals surface area contributed by atoms with Crippen molar-refractivity contribution in [2.24, 2.45) is 0 Å². The molecule has 1 heterocycles. The predicted molar refractivity (Wildman–Crippen MR) is 224 cm³/mol. The van der Waals surface area contributed by atoms with Crippen LogP contribution in [0.2, 0.25) is 0 Å². The molecule has 0 N–H and O–H groups in total. The van der Waals surface area contributed by atoms with Crippen molar-refractivity contribution in [3.63, 3.8) is 0 Å². The minimum absolute atomic E-state index is 0.0390. The van der Waals surface area contributed by atoms with Gasteiger partial charge >= 0.3 is 0 Å². The lowest BCUT2D eigenvalue weighted by Gasteiger charge is -2.42. The van der Waals surface area contributed by atoms with Crippen molar-refractivity contribution in [1.82, 2.24) is 4.57 Å². The highest BCUT2D eigenvalue weighted by Gasteiger charge is 2.36. The third kappa shape index (κ3) is 4.79. The summed E-state index contributed by atoms with van der Waals surface area (Å²) in [6.45, 7) is 4.71. The van der Waals surface area contributed by atoms with Crippen LogP contribution in [-0.2, 0) is 5.41 Å². The third-order valence-electron chi connectivity index (χ3n) is 11.3. The maximum absolute atomic E-state index is 2.48. The van der Waals surface area contributed by atoms with E-state index in [1.54, 1.807) is 0 Å². The van der Waals surface area contributed by atoms with Crippen LogP contribution in [0.4, 0.5) is 0 Å². The number of aromatic nitrogens is 1. The van der Waals surface area contributed by atoms with Crippen molar-refractivity contribution in [3.05, 3.63) is 211 Å². The van der Waals surface area contributed by atoms with Crippen LogP contribution in [0.1, 0.15) is 25.0 Å². The first kappa shape index (κ1) is 31.6. The van der Waals surface area contributed by atoms with Crippen molar-refractivity contribution in [2.45, 2.75) is 38.8 Å². The monoisotopic (exact) mass is 697 g/mol. The molecule has 0 radical (unpaired) electrons. The van der Waals surface area contributed by atoms with Crippen molar-refractivity contribution < 1.29 is 0 Å². The number of fused-ring (bicyclic) bond motifs is 6. The summed E-state index contributed by atoms with van der Waals surface area (Å²) in [5.74, 6) is 0. The van der Waals surface area contributed by atoms with Crippen molar-refractivity contribution >= 4 is 31.8 Å². The summed E-state index contributed by atoms with van der Waals surface area (Å²) in [6, 6.07) is 74.6. The molecule has 254 valence electrons. The van der Waals surface area contributed by atoms with Crippen molar-refractivity contribution in [2.75, 3.05) is 0 Å². The average Bonchev–Trinajstić information content (AvgIpc) is 3.67. The molecule has 0 bridgehead atoms. The Balaban J connectivity index is 1.19. The molecule has 1 aromatic heterocycles. The Morgan fingerprint density at radius 3 is 1.62 bits per heavy atom. The van der Waals surface area contributed by atoms with Crippen LogP contribution in [0.3, 0.4) is 0 Å². The molecule has 0 aliphatic heterocycles. The van der Waals surface area contributed by atoms with Crippen LogP contribution in [-0.4, -0.2) is 4.57 Å². The highest BCUT2D eigenvalue weighted by molar-refractivity contribution is 8.34. The summed E-state index contributed by atoms with van der Waals surface area (Å²) in [7, 11) is -1.92. The van der Waals surface area contributed by atoms with Gasteiger partial charge in [0.2, 0.25) is 0 Å². The fourth-order valence-corrected chi connectivity index (χ4v) is 12.7. The zero-order valence-electron chi connectivity index (χ0n) is 29.9. The SMILES string of the molecule is CC1(C)c2ccccc2-c2ccc(-c3ccc(S(c4ccccc4)(c4ccccc4)c4ccc5c6ccccc6n(-c6ccccc6)c5c4)cc3)cc21. The van der Waals surface area contributed by atoms with Crippen molar-refractivity contribution in [1.29, 1.82) is 0 Å². The van der Waals surface area contributed by atoms with Gasteiger partial charge in [-0.3, -0.25) is 0 Å². The highest BCUT2D eigenvalue weighted by Crippen LogP contribution is 2.73. The number of hydrogen-bond acceptors (Lipinski definition) is 0. The molecule has 10 rings (SSSR count). The van der Waals surface area contributed by atoms with Gasteiger partial charge in [-0.2, -0.15) is 0 Å². The molecule has 0 spiro atoms. The van der Waals surface area contributed by atoms with E-state index in [2.05, 4.69) is 219 Å². The highest BCUT2D eigenvalue weighted by atomic mass is 32.3. The first-order valence-corrected chi connectivity index (χ1v) is 20.1. The van der Waals surface area contributed by atoms with Crippen molar-refractivity contribution in [3.8, 4) is 27.9 Å². The molecular formula is C51H39NS. The van der Waals surface area contributed by atoms with E-state index >= 15 is 0 Å². The van der Waals surface area contributed by atoms with Gasteiger partial charge in [0, 0.05) is 41.5 Å². The van der Waals surface area contributed by atoms with Crippen LogP contribution >= 0.6 is 10.0 Å². The van der Waals surface area contributed by atoms with Gasteiger partial charge in [-0.05, 0) is 106 Å². The van der Waals surface area contributed by atoms with Gasteiger partial charge in [0.25, 0.3) is 0 Å². The molecule has 1 aliphatic rings. The third-order valence-corrected chi connectivity index (χ3v) is 15.2. The second-order valence-electron chi connectivity index (χ2n) is 14.6. The van der Waals surface area contributed by atoms with Crippen LogP contribution < -0.4 is 0 Å². The summed E-state index contributed by atoms with van der Waals surface area (Å²) in [5.41, 5.74) is 11.6. The molecule has 0 amide bonds. The number of nitrogens with zero attached hydrogens (tertiary/aromatic N) is 1. The Labute approximate surface area is 313 Å². The van der Waals surface area contributed by atoms with Crippen LogP contribution in [0.25, 0.3) is 49.7 Å². The fourth-order valence-electron chi connectivity index (χ4n) is 8.80. The van der Waals surface area contributed by atoms with Gasteiger partial charge in [-0.25, -0.2) is 0 Å². The molecule has 1 aliphatic carbocycles. The quantitative estimate of drug-likeness (QED) is 0.163. The predicted octanol–water partition coefficient (Wildman–Crippen LogP) is 14.1. The Bertz CT molecular complexity index is 2740. The number of rotatable bonds is 6. The second kappa shape index (κ2) is 12.3. The lowest BCUT2D eigenvalue weighted by atomic mass is 9.81. The topological polar surface area (TPSA) is 4.93 Å². The zero-order valence-corrected chi connectivity index (χ0v) is 30.7. The molecule has 0 unspecified atom stereocenters. The molecule has 0 saturated carbocycles. The number of hydrogen-bond donors (Lipinski definition) is 0. The summed E-state index contributed by atoms with van der Waals surface area (Å²) in [5, 5.41) is 2.53. The smallest absolute Gasteiger partial charge is 0.0552 e. The number of benzene rings is 8. The van der Waals surface area contributed by atoms with E-state index in [1.165, 1.54) is 80.5 Å². The molecule has 0 saturated heterocycles. The summed E-state index contributed by atoms with van der Waals surface area (Å²) < 4.78 is 2.44. The summed E-state index contributed by atoms with van der Waals surface area (Å²) in [6.07, 6.45) is 0. The second-order valence-corrected chi connectivity index (χ2v) is 17.7. The maximum atomic E-state index is 2.48. The molecule has 8 aromatic carbocycles. The van der Waals surface area contributed by atoms with Gasteiger partial charge in [0.1, 0.15) is 0 Å². The molecule has 0 fully saturated rings. The summed E-state index contributed by atoms with van der Waals surface area (Å²) >= 11 is 0. The van der Waals surface area contributed by atoms with E-state index in [9.17, 15) is 0 Å². The minimum atomic E-state index is -1.92. The van der Waals surface area contributed by atoms with Gasteiger partial charge in [0.15, 0.2) is 0 Å². The van der Waals surface area contributed by atoms with E-state index in [0.717, 1.165) is 0 Å². The van der Waals surface area contributed by atoms with E-state index < -0.39 is 10.0 Å². The number of para-hydroxylation sites is 2.